The number of rotatable bonds is 3. The first kappa shape index (κ1) is 14.3. The van der Waals surface area contributed by atoms with Crippen molar-refractivity contribution in [2.24, 2.45) is 0 Å². The standard InChI is InChI=1S/C14H17BrINO/c1-10-5-4-6-11(12(10)16)13(18)17-14(9-15)7-2-3-8-14/h4-6H,2-3,7-9H2,1H3,(H,17,18). The third-order valence-electron chi connectivity index (χ3n) is 3.63. The summed E-state index contributed by atoms with van der Waals surface area (Å²) in [7, 11) is 0. The molecule has 18 heavy (non-hydrogen) atoms. The molecule has 0 aliphatic heterocycles. The van der Waals surface area contributed by atoms with Crippen LogP contribution in [0.4, 0.5) is 0 Å². The summed E-state index contributed by atoms with van der Waals surface area (Å²) in [5.74, 6) is 0.0597. The maximum absolute atomic E-state index is 12.4. The number of carbonyl (C=O) groups is 1. The van der Waals surface area contributed by atoms with E-state index in [-0.39, 0.29) is 11.4 Å². The number of amides is 1. The second-order valence-electron chi connectivity index (χ2n) is 5.01. The minimum atomic E-state index is -0.0378. The molecule has 4 heteroatoms. The summed E-state index contributed by atoms with van der Waals surface area (Å²) >= 11 is 5.80. The lowest BCUT2D eigenvalue weighted by molar-refractivity contribution is 0.0909. The Morgan fingerprint density at radius 1 is 1.44 bits per heavy atom. The number of hydrogen-bond donors (Lipinski definition) is 1. The molecule has 2 rings (SSSR count). The second-order valence-corrected chi connectivity index (χ2v) is 6.65. The van der Waals surface area contributed by atoms with E-state index in [1.54, 1.807) is 0 Å². The molecule has 2 nitrogen and oxygen atoms in total. The fourth-order valence-electron chi connectivity index (χ4n) is 2.47. The third-order valence-corrected chi connectivity index (χ3v) is 6.14. The Hall–Kier alpha value is -0.100. The van der Waals surface area contributed by atoms with Crippen molar-refractivity contribution in [1.82, 2.24) is 5.32 Å². The van der Waals surface area contributed by atoms with Crippen molar-refractivity contribution in [2.75, 3.05) is 5.33 Å². The number of carbonyl (C=O) groups excluding carboxylic acids is 1. The lowest BCUT2D eigenvalue weighted by Crippen LogP contribution is -2.48. The highest BCUT2D eigenvalue weighted by Gasteiger charge is 2.34. The van der Waals surface area contributed by atoms with Crippen molar-refractivity contribution in [3.63, 3.8) is 0 Å². The van der Waals surface area contributed by atoms with Gasteiger partial charge in [-0.05, 0) is 54.0 Å². The molecule has 1 saturated carbocycles. The zero-order chi connectivity index (χ0) is 13.2. The predicted molar refractivity (Wildman–Crippen MR) is 86.4 cm³/mol. The zero-order valence-electron chi connectivity index (χ0n) is 10.4. The van der Waals surface area contributed by atoms with Crippen LogP contribution >= 0.6 is 38.5 Å². The van der Waals surface area contributed by atoms with Crippen LogP contribution in [0.25, 0.3) is 0 Å². The topological polar surface area (TPSA) is 29.1 Å². The van der Waals surface area contributed by atoms with E-state index in [1.165, 1.54) is 12.8 Å². The monoisotopic (exact) mass is 421 g/mol. The number of hydrogen-bond acceptors (Lipinski definition) is 1. The number of aryl methyl sites for hydroxylation is 1. The highest BCUT2D eigenvalue weighted by Crippen LogP contribution is 2.31. The van der Waals surface area contributed by atoms with Gasteiger partial charge in [0.05, 0.1) is 11.1 Å². The highest BCUT2D eigenvalue weighted by atomic mass is 127. The molecule has 0 aromatic heterocycles. The second kappa shape index (κ2) is 5.90. The number of benzene rings is 1. The van der Waals surface area contributed by atoms with Gasteiger partial charge in [0.1, 0.15) is 0 Å². The quantitative estimate of drug-likeness (QED) is 0.579. The van der Waals surface area contributed by atoms with Gasteiger partial charge >= 0.3 is 0 Å². The summed E-state index contributed by atoms with van der Waals surface area (Å²) in [4.78, 5) is 12.4. The van der Waals surface area contributed by atoms with Crippen LogP contribution in [0.3, 0.4) is 0 Å². The molecular weight excluding hydrogens is 405 g/mol. The summed E-state index contributed by atoms with van der Waals surface area (Å²) in [5, 5.41) is 4.08. The van der Waals surface area contributed by atoms with Gasteiger partial charge < -0.3 is 5.32 Å². The maximum Gasteiger partial charge on any atom is 0.252 e. The smallest absolute Gasteiger partial charge is 0.252 e. The molecule has 1 aromatic rings. The molecule has 1 aliphatic carbocycles. The molecule has 1 amide bonds. The van der Waals surface area contributed by atoms with Gasteiger partial charge in [-0.15, -0.1) is 0 Å². The van der Waals surface area contributed by atoms with E-state index in [9.17, 15) is 4.79 Å². The Balaban J connectivity index is 2.19. The van der Waals surface area contributed by atoms with Gasteiger partial charge in [-0.25, -0.2) is 0 Å². The molecule has 0 saturated heterocycles. The van der Waals surface area contributed by atoms with E-state index in [0.29, 0.717) is 0 Å². The molecule has 0 atom stereocenters. The first-order chi connectivity index (χ1) is 8.58. The lowest BCUT2D eigenvalue weighted by Gasteiger charge is -2.28. The Bertz CT molecular complexity index is 455. The molecule has 1 N–H and O–H groups in total. The van der Waals surface area contributed by atoms with E-state index >= 15 is 0 Å². The van der Waals surface area contributed by atoms with Crippen LogP contribution in [-0.4, -0.2) is 16.8 Å². The van der Waals surface area contributed by atoms with Crippen molar-refractivity contribution < 1.29 is 4.79 Å². The summed E-state index contributed by atoms with van der Waals surface area (Å²) in [6, 6.07) is 5.89. The van der Waals surface area contributed by atoms with Crippen molar-refractivity contribution >= 4 is 44.4 Å². The van der Waals surface area contributed by atoms with Gasteiger partial charge in [-0.3, -0.25) is 4.79 Å². The average Bonchev–Trinajstić information content (AvgIpc) is 2.81. The number of nitrogens with one attached hydrogen (secondary N) is 1. The zero-order valence-corrected chi connectivity index (χ0v) is 14.2. The fourth-order valence-corrected chi connectivity index (χ4v) is 3.78. The van der Waals surface area contributed by atoms with Gasteiger partial charge in [0.15, 0.2) is 0 Å². The summed E-state index contributed by atoms with van der Waals surface area (Å²) in [6.45, 7) is 2.04. The van der Waals surface area contributed by atoms with Gasteiger partial charge in [0.25, 0.3) is 5.91 Å². The summed E-state index contributed by atoms with van der Waals surface area (Å²) in [6.07, 6.45) is 4.56. The Kier molecular flexibility index (Phi) is 4.69. The largest absolute Gasteiger partial charge is 0.346 e. The van der Waals surface area contributed by atoms with E-state index in [2.05, 4.69) is 43.8 Å². The van der Waals surface area contributed by atoms with Crippen molar-refractivity contribution in [3.8, 4) is 0 Å². The molecule has 1 aliphatic rings. The number of alkyl halides is 1. The van der Waals surface area contributed by atoms with Crippen LogP contribution in [-0.2, 0) is 0 Å². The Morgan fingerprint density at radius 2 is 2.11 bits per heavy atom. The lowest BCUT2D eigenvalue weighted by atomic mass is 9.99. The van der Waals surface area contributed by atoms with Crippen molar-refractivity contribution in [3.05, 3.63) is 32.9 Å². The fraction of sp³-hybridized carbons (Fsp3) is 0.500. The molecule has 0 heterocycles. The molecular formula is C14H17BrINO. The molecule has 0 spiro atoms. The summed E-state index contributed by atoms with van der Waals surface area (Å²) in [5.41, 5.74) is 1.91. The van der Waals surface area contributed by atoms with E-state index in [1.807, 2.05) is 25.1 Å². The van der Waals surface area contributed by atoms with Gasteiger partial charge in [0, 0.05) is 8.90 Å². The Morgan fingerprint density at radius 3 is 2.72 bits per heavy atom. The minimum absolute atomic E-state index is 0.0378. The van der Waals surface area contributed by atoms with Crippen molar-refractivity contribution in [2.45, 2.75) is 38.1 Å². The predicted octanol–water partition coefficient (Wildman–Crippen LogP) is 4.04. The molecule has 1 fully saturated rings. The Labute approximate surface area is 130 Å². The van der Waals surface area contributed by atoms with Crippen LogP contribution in [0, 0.1) is 10.5 Å². The van der Waals surface area contributed by atoms with Crippen LogP contribution in [0.15, 0.2) is 18.2 Å². The van der Waals surface area contributed by atoms with Gasteiger partial charge in [-0.2, -0.15) is 0 Å². The number of halogens is 2. The molecule has 98 valence electrons. The van der Waals surface area contributed by atoms with E-state index < -0.39 is 0 Å². The first-order valence-electron chi connectivity index (χ1n) is 6.22. The third kappa shape index (κ3) is 2.90. The molecule has 1 aromatic carbocycles. The van der Waals surface area contributed by atoms with Crippen LogP contribution in [0.1, 0.15) is 41.6 Å². The van der Waals surface area contributed by atoms with E-state index in [4.69, 9.17) is 0 Å². The van der Waals surface area contributed by atoms with Gasteiger partial charge in [0.2, 0.25) is 0 Å². The summed E-state index contributed by atoms with van der Waals surface area (Å²) < 4.78 is 1.05. The normalized spacial score (nSPS) is 17.7. The van der Waals surface area contributed by atoms with Crippen LogP contribution in [0.5, 0.6) is 0 Å². The highest BCUT2D eigenvalue weighted by molar-refractivity contribution is 14.1. The van der Waals surface area contributed by atoms with Crippen LogP contribution < -0.4 is 5.32 Å². The van der Waals surface area contributed by atoms with Crippen LogP contribution in [0.2, 0.25) is 0 Å². The molecule has 0 unspecified atom stereocenters. The minimum Gasteiger partial charge on any atom is -0.346 e. The van der Waals surface area contributed by atoms with Gasteiger partial charge in [-0.1, -0.05) is 40.9 Å². The van der Waals surface area contributed by atoms with E-state index in [0.717, 1.165) is 32.9 Å². The SMILES string of the molecule is Cc1cccc(C(=O)NC2(CBr)CCCC2)c1I. The first-order valence-corrected chi connectivity index (χ1v) is 8.42. The van der Waals surface area contributed by atoms with Crippen molar-refractivity contribution in [1.29, 1.82) is 0 Å². The maximum atomic E-state index is 12.4. The molecule has 0 radical (unpaired) electrons. The average molecular weight is 422 g/mol. The molecule has 0 bridgehead atoms.